The molecule has 0 aliphatic heterocycles. The average molecular weight is 235 g/mol. The van der Waals surface area contributed by atoms with E-state index in [1.807, 2.05) is 13.1 Å². The molecule has 1 aromatic rings. The van der Waals surface area contributed by atoms with Crippen LogP contribution in [0.3, 0.4) is 0 Å². The Labute approximate surface area is 102 Å². The molecule has 1 aliphatic rings. The third kappa shape index (κ3) is 3.60. The summed E-state index contributed by atoms with van der Waals surface area (Å²) in [7, 11) is 2.02. The van der Waals surface area contributed by atoms with Crippen molar-refractivity contribution in [3.05, 3.63) is 23.5 Å². The summed E-state index contributed by atoms with van der Waals surface area (Å²) in [5.74, 6) is 0.892. The highest BCUT2D eigenvalue weighted by molar-refractivity contribution is 5.77. The van der Waals surface area contributed by atoms with Crippen LogP contribution in [0.25, 0.3) is 0 Å². The first kappa shape index (κ1) is 12.2. The lowest BCUT2D eigenvalue weighted by Crippen LogP contribution is -2.34. The number of hydrogen-bond acceptors (Lipinski definition) is 2. The minimum Gasteiger partial charge on any atom is -0.350 e. The van der Waals surface area contributed by atoms with E-state index < -0.39 is 0 Å². The van der Waals surface area contributed by atoms with Crippen molar-refractivity contribution in [2.24, 2.45) is 13.0 Å². The molecule has 1 heterocycles. The van der Waals surface area contributed by atoms with Gasteiger partial charge in [-0.3, -0.25) is 4.79 Å². The van der Waals surface area contributed by atoms with E-state index in [0.717, 1.165) is 18.2 Å². The van der Waals surface area contributed by atoms with E-state index >= 15 is 0 Å². The first-order valence-corrected chi connectivity index (χ1v) is 6.25. The van der Waals surface area contributed by atoms with Gasteiger partial charge in [-0.1, -0.05) is 0 Å². The summed E-state index contributed by atoms with van der Waals surface area (Å²) in [5, 5.41) is 6.11. The summed E-state index contributed by atoms with van der Waals surface area (Å²) in [5.41, 5.74) is 2.35. The Balaban J connectivity index is 1.66. The highest BCUT2D eigenvalue weighted by Crippen LogP contribution is 2.27. The van der Waals surface area contributed by atoms with Crippen LogP contribution in [-0.2, 0) is 18.4 Å². The highest BCUT2D eigenvalue weighted by Gasteiger charge is 2.20. The summed E-state index contributed by atoms with van der Waals surface area (Å²) < 4.78 is 2.10. The predicted molar refractivity (Wildman–Crippen MR) is 67.6 cm³/mol. The van der Waals surface area contributed by atoms with E-state index in [-0.39, 0.29) is 5.91 Å². The van der Waals surface area contributed by atoms with Gasteiger partial charge in [0.2, 0.25) is 5.91 Å². The smallest absolute Gasteiger partial charge is 0.234 e. The van der Waals surface area contributed by atoms with Gasteiger partial charge in [-0.05, 0) is 44.4 Å². The topological polar surface area (TPSA) is 46.1 Å². The molecule has 2 rings (SSSR count). The molecule has 1 saturated carbocycles. The van der Waals surface area contributed by atoms with Gasteiger partial charge in [-0.15, -0.1) is 0 Å². The lowest BCUT2D eigenvalue weighted by atomic mass is 10.4. The average Bonchev–Trinajstić information content (AvgIpc) is 3.06. The molecule has 0 spiro atoms. The number of carbonyl (C=O) groups is 1. The third-order valence-electron chi connectivity index (χ3n) is 3.36. The van der Waals surface area contributed by atoms with Crippen LogP contribution in [0.4, 0.5) is 0 Å². The van der Waals surface area contributed by atoms with Crippen molar-refractivity contribution in [1.82, 2.24) is 15.2 Å². The quantitative estimate of drug-likeness (QED) is 0.771. The fourth-order valence-corrected chi connectivity index (χ4v) is 1.81. The maximum Gasteiger partial charge on any atom is 0.234 e. The van der Waals surface area contributed by atoms with E-state index in [0.29, 0.717) is 13.1 Å². The van der Waals surface area contributed by atoms with Gasteiger partial charge in [-0.2, -0.15) is 0 Å². The fourth-order valence-electron chi connectivity index (χ4n) is 1.81. The summed E-state index contributed by atoms with van der Waals surface area (Å²) >= 11 is 0. The second-order valence-electron chi connectivity index (χ2n) is 4.88. The first-order chi connectivity index (χ1) is 8.16. The molecule has 4 nitrogen and oxygen atoms in total. The van der Waals surface area contributed by atoms with Crippen molar-refractivity contribution in [3.8, 4) is 0 Å². The summed E-state index contributed by atoms with van der Waals surface area (Å²) in [4.78, 5) is 11.6. The lowest BCUT2D eigenvalue weighted by molar-refractivity contribution is -0.120. The molecule has 0 saturated heterocycles. The molecule has 0 radical (unpaired) electrons. The Morgan fingerprint density at radius 1 is 1.47 bits per heavy atom. The minimum atomic E-state index is 0.0736. The van der Waals surface area contributed by atoms with Gasteiger partial charge in [0, 0.05) is 18.4 Å². The Morgan fingerprint density at radius 2 is 2.24 bits per heavy atom. The molecular formula is C13H21N3O. The van der Waals surface area contributed by atoms with E-state index in [4.69, 9.17) is 0 Å². The van der Waals surface area contributed by atoms with E-state index in [2.05, 4.69) is 28.2 Å². The molecule has 4 heteroatoms. The molecule has 2 N–H and O–H groups in total. The summed E-state index contributed by atoms with van der Waals surface area (Å²) in [6.07, 6.45) is 2.63. The van der Waals surface area contributed by atoms with Crippen LogP contribution in [0.5, 0.6) is 0 Å². The normalized spacial score (nSPS) is 14.9. The molecule has 17 heavy (non-hydrogen) atoms. The maximum absolute atomic E-state index is 11.6. The van der Waals surface area contributed by atoms with Gasteiger partial charge >= 0.3 is 0 Å². The molecule has 1 amide bonds. The zero-order chi connectivity index (χ0) is 12.3. The van der Waals surface area contributed by atoms with Crippen LogP contribution in [0.2, 0.25) is 0 Å². The molecule has 94 valence electrons. The number of amides is 1. The van der Waals surface area contributed by atoms with Crippen molar-refractivity contribution in [3.63, 3.8) is 0 Å². The van der Waals surface area contributed by atoms with Gasteiger partial charge in [0.15, 0.2) is 0 Å². The van der Waals surface area contributed by atoms with Crippen LogP contribution >= 0.6 is 0 Å². The number of nitrogens with zero attached hydrogens (tertiary/aromatic N) is 1. The van der Waals surface area contributed by atoms with Gasteiger partial charge in [-0.25, -0.2) is 0 Å². The van der Waals surface area contributed by atoms with Crippen molar-refractivity contribution >= 4 is 5.91 Å². The van der Waals surface area contributed by atoms with Crippen LogP contribution < -0.4 is 10.6 Å². The zero-order valence-electron chi connectivity index (χ0n) is 10.6. The van der Waals surface area contributed by atoms with E-state index in [1.54, 1.807) is 0 Å². The molecule has 0 bridgehead atoms. The molecule has 0 aromatic carbocycles. The third-order valence-corrected chi connectivity index (χ3v) is 3.36. The second kappa shape index (κ2) is 5.36. The molecule has 1 aromatic heterocycles. The van der Waals surface area contributed by atoms with Gasteiger partial charge < -0.3 is 15.2 Å². The van der Waals surface area contributed by atoms with Crippen molar-refractivity contribution in [2.75, 3.05) is 13.1 Å². The fraction of sp³-hybridized carbons (Fsp3) is 0.615. The molecular weight excluding hydrogens is 214 g/mol. The van der Waals surface area contributed by atoms with Crippen LogP contribution in [-0.4, -0.2) is 23.6 Å². The second-order valence-corrected chi connectivity index (χ2v) is 4.88. The number of aromatic nitrogens is 1. The molecule has 0 atom stereocenters. The largest absolute Gasteiger partial charge is 0.350 e. The van der Waals surface area contributed by atoms with Crippen molar-refractivity contribution in [1.29, 1.82) is 0 Å². The van der Waals surface area contributed by atoms with Crippen molar-refractivity contribution < 1.29 is 4.79 Å². The van der Waals surface area contributed by atoms with Gasteiger partial charge in [0.1, 0.15) is 0 Å². The number of hydrogen-bond donors (Lipinski definition) is 2. The van der Waals surface area contributed by atoms with Crippen LogP contribution in [0.1, 0.15) is 24.2 Å². The first-order valence-electron chi connectivity index (χ1n) is 6.25. The summed E-state index contributed by atoms with van der Waals surface area (Å²) in [6, 6.07) is 4.11. The van der Waals surface area contributed by atoms with Gasteiger partial charge in [0.25, 0.3) is 0 Å². The van der Waals surface area contributed by atoms with Crippen LogP contribution in [0, 0.1) is 12.8 Å². The SMILES string of the molecule is Cc1ccc(CNC(=O)CNCC2CC2)n1C. The van der Waals surface area contributed by atoms with Crippen LogP contribution in [0.15, 0.2) is 12.1 Å². The molecule has 1 aliphatic carbocycles. The Morgan fingerprint density at radius 3 is 2.82 bits per heavy atom. The monoisotopic (exact) mass is 235 g/mol. The Hall–Kier alpha value is -1.29. The van der Waals surface area contributed by atoms with E-state index in [1.165, 1.54) is 18.5 Å². The highest BCUT2D eigenvalue weighted by atomic mass is 16.1. The van der Waals surface area contributed by atoms with Gasteiger partial charge in [0.05, 0.1) is 13.1 Å². The Kier molecular flexibility index (Phi) is 3.84. The standard InChI is InChI=1S/C13H21N3O/c1-10-3-6-12(16(10)2)8-15-13(17)9-14-7-11-4-5-11/h3,6,11,14H,4-5,7-9H2,1-2H3,(H,15,17). The lowest BCUT2D eigenvalue weighted by Gasteiger charge is -2.08. The Bertz CT molecular complexity index is 393. The van der Waals surface area contributed by atoms with Crippen molar-refractivity contribution in [2.45, 2.75) is 26.3 Å². The number of rotatable bonds is 6. The number of carbonyl (C=O) groups excluding carboxylic acids is 1. The molecule has 0 unspecified atom stereocenters. The van der Waals surface area contributed by atoms with E-state index in [9.17, 15) is 4.79 Å². The predicted octanol–water partition coefficient (Wildman–Crippen LogP) is 0.949. The zero-order valence-corrected chi connectivity index (χ0v) is 10.6. The maximum atomic E-state index is 11.6. The summed E-state index contributed by atoms with van der Waals surface area (Å²) in [6.45, 7) is 4.08. The molecule has 1 fully saturated rings. The minimum absolute atomic E-state index is 0.0736. The number of nitrogens with one attached hydrogen (secondary N) is 2. The number of aryl methyl sites for hydroxylation is 1.